The molecule has 3 aromatic rings. The first-order chi connectivity index (χ1) is 16.1. The zero-order valence-electron chi connectivity index (χ0n) is 19.4. The van der Waals surface area contributed by atoms with Gasteiger partial charge in [0, 0.05) is 30.5 Å². The molecule has 2 aromatic carbocycles. The van der Waals surface area contributed by atoms with E-state index in [9.17, 15) is 18.3 Å². The highest BCUT2D eigenvalue weighted by Crippen LogP contribution is 2.20. The molecule has 0 bridgehead atoms. The van der Waals surface area contributed by atoms with Crippen LogP contribution in [0, 0.1) is 0 Å². The second kappa shape index (κ2) is 10.8. The van der Waals surface area contributed by atoms with Crippen molar-refractivity contribution in [2.24, 2.45) is 0 Å². The molecule has 0 aliphatic rings. The van der Waals surface area contributed by atoms with Crippen molar-refractivity contribution in [3.8, 4) is 0 Å². The third-order valence-electron chi connectivity index (χ3n) is 5.40. The number of hydrogen-bond donors (Lipinski definition) is 3. The first-order valence-electron chi connectivity index (χ1n) is 10.8. The summed E-state index contributed by atoms with van der Waals surface area (Å²) in [5.41, 5.74) is 1.06. The Morgan fingerprint density at radius 1 is 1.15 bits per heavy atom. The number of aromatic nitrogens is 2. The third kappa shape index (κ3) is 6.89. The summed E-state index contributed by atoms with van der Waals surface area (Å²) >= 11 is 0. The van der Waals surface area contributed by atoms with Gasteiger partial charge in [0.1, 0.15) is 0 Å². The second-order valence-electron chi connectivity index (χ2n) is 8.56. The summed E-state index contributed by atoms with van der Waals surface area (Å²) in [6, 6.07) is 14.8. The summed E-state index contributed by atoms with van der Waals surface area (Å²) in [4.78, 5) is 15.7. The summed E-state index contributed by atoms with van der Waals surface area (Å²) in [6.07, 6.45) is 3.20. The number of rotatable bonds is 11. The number of esters is 1. The summed E-state index contributed by atoms with van der Waals surface area (Å²) in [7, 11) is -2.35. The number of carbonyl (C=O) groups is 1. The van der Waals surface area contributed by atoms with Gasteiger partial charge in [0.15, 0.2) is 5.69 Å². The Labute approximate surface area is 199 Å². The van der Waals surface area contributed by atoms with Crippen LogP contribution in [-0.2, 0) is 21.3 Å². The molecular formula is C24H30N4O5S. The van der Waals surface area contributed by atoms with E-state index in [1.54, 1.807) is 55.0 Å². The third-order valence-corrected chi connectivity index (χ3v) is 6.80. The molecule has 0 aliphatic heterocycles. The number of aryl methyl sites for hydroxylation is 1. The van der Waals surface area contributed by atoms with E-state index in [1.807, 2.05) is 18.4 Å². The lowest BCUT2D eigenvalue weighted by Crippen LogP contribution is -2.42. The predicted octanol–water partition coefficient (Wildman–Crippen LogP) is 2.96. The molecular weight excluding hydrogens is 456 g/mol. The molecule has 0 fully saturated rings. The molecule has 3 rings (SSSR count). The number of aliphatic hydroxyl groups excluding tert-OH is 1. The lowest BCUT2D eigenvalue weighted by atomic mass is 9.99. The lowest BCUT2D eigenvalue weighted by Gasteiger charge is -2.28. The molecule has 1 heterocycles. The fourth-order valence-corrected chi connectivity index (χ4v) is 4.35. The Kier molecular flexibility index (Phi) is 8.08. The van der Waals surface area contributed by atoms with E-state index in [-0.39, 0.29) is 16.1 Å². The van der Waals surface area contributed by atoms with Gasteiger partial charge in [0.2, 0.25) is 0 Å². The molecule has 182 valence electrons. The smallest absolute Gasteiger partial charge is 0.358 e. The maximum atomic E-state index is 12.4. The van der Waals surface area contributed by atoms with Crippen LogP contribution in [0.2, 0.25) is 0 Å². The van der Waals surface area contributed by atoms with Gasteiger partial charge < -0.3 is 19.7 Å². The van der Waals surface area contributed by atoms with Crippen LogP contribution in [0.5, 0.6) is 0 Å². The van der Waals surface area contributed by atoms with Crippen LogP contribution >= 0.6 is 0 Å². The van der Waals surface area contributed by atoms with Crippen LogP contribution in [0.1, 0.15) is 42.4 Å². The Balaban J connectivity index is 1.51. The Morgan fingerprint density at radius 3 is 2.47 bits per heavy atom. The Bertz CT molecular complexity index is 1190. The number of imidazole rings is 1. The maximum absolute atomic E-state index is 12.4. The molecule has 1 atom stereocenters. The zero-order valence-corrected chi connectivity index (χ0v) is 20.2. The molecule has 9 nitrogen and oxygen atoms in total. The lowest BCUT2D eigenvalue weighted by molar-refractivity contribution is 0.0594. The number of anilines is 1. The van der Waals surface area contributed by atoms with Crippen LogP contribution in [0.15, 0.2) is 72.0 Å². The fourth-order valence-electron chi connectivity index (χ4n) is 3.27. The van der Waals surface area contributed by atoms with Crippen LogP contribution in [-0.4, -0.2) is 48.2 Å². The first-order valence-corrected chi connectivity index (χ1v) is 12.3. The summed E-state index contributed by atoms with van der Waals surface area (Å²) in [5, 5.41) is 14.0. The van der Waals surface area contributed by atoms with Crippen molar-refractivity contribution < 1.29 is 23.1 Å². The molecule has 0 aliphatic carbocycles. The second-order valence-corrected chi connectivity index (χ2v) is 10.2. The number of carbonyl (C=O) groups excluding carboxylic acids is 1. The van der Waals surface area contributed by atoms with Gasteiger partial charge in [-0.3, -0.25) is 4.72 Å². The van der Waals surface area contributed by atoms with Crippen LogP contribution in [0.25, 0.3) is 0 Å². The van der Waals surface area contributed by atoms with Crippen LogP contribution < -0.4 is 10.0 Å². The number of methoxy groups -OCH3 is 1. The topological polar surface area (TPSA) is 123 Å². The van der Waals surface area contributed by atoms with Gasteiger partial charge in [-0.15, -0.1) is 0 Å². The molecule has 0 radical (unpaired) electrons. The van der Waals surface area contributed by atoms with E-state index in [1.165, 1.54) is 19.2 Å². The van der Waals surface area contributed by atoms with Gasteiger partial charge in [0.05, 0.1) is 24.4 Å². The van der Waals surface area contributed by atoms with Gasteiger partial charge in [0.25, 0.3) is 10.0 Å². The molecule has 0 saturated carbocycles. The molecule has 10 heteroatoms. The van der Waals surface area contributed by atoms with E-state index < -0.39 is 22.1 Å². The number of nitrogens with one attached hydrogen (secondary N) is 2. The van der Waals surface area contributed by atoms with E-state index in [4.69, 9.17) is 0 Å². The molecule has 1 aromatic heterocycles. The molecule has 0 spiro atoms. The Morgan fingerprint density at radius 2 is 1.82 bits per heavy atom. The average molecular weight is 487 g/mol. The Hall–Kier alpha value is -3.21. The van der Waals surface area contributed by atoms with Gasteiger partial charge in [-0.1, -0.05) is 30.3 Å². The minimum atomic E-state index is -3.67. The summed E-state index contributed by atoms with van der Waals surface area (Å²) in [5.74, 6) is -0.474. The number of aliphatic hydroxyl groups is 1. The van der Waals surface area contributed by atoms with Crippen LogP contribution in [0.4, 0.5) is 5.69 Å². The van der Waals surface area contributed by atoms with Crippen molar-refractivity contribution >= 4 is 21.7 Å². The highest BCUT2D eigenvalue weighted by Gasteiger charge is 2.20. The van der Waals surface area contributed by atoms with Crippen molar-refractivity contribution in [3.63, 3.8) is 0 Å². The van der Waals surface area contributed by atoms with Crippen molar-refractivity contribution in [1.29, 1.82) is 0 Å². The van der Waals surface area contributed by atoms with Gasteiger partial charge in [-0.05, 0) is 50.1 Å². The van der Waals surface area contributed by atoms with Crippen molar-refractivity contribution in [2.45, 2.75) is 43.4 Å². The van der Waals surface area contributed by atoms with Crippen LogP contribution in [0.3, 0.4) is 0 Å². The number of β-amino-alcohol motifs (C(OH)–C–C–N with tert-alkyl or cyclic N) is 1. The maximum Gasteiger partial charge on any atom is 0.358 e. The van der Waals surface area contributed by atoms with Gasteiger partial charge in [-0.25, -0.2) is 18.2 Å². The number of hydrogen-bond acceptors (Lipinski definition) is 7. The number of nitrogens with zero attached hydrogens (tertiary/aromatic N) is 2. The summed E-state index contributed by atoms with van der Waals surface area (Å²) < 4.78 is 33.9. The highest BCUT2D eigenvalue weighted by molar-refractivity contribution is 7.92. The highest BCUT2D eigenvalue weighted by atomic mass is 32.2. The van der Waals surface area contributed by atoms with Crippen molar-refractivity contribution in [3.05, 3.63) is 78.4 Å². The van der Waals surface area contributed by atoms with E-state index >= 15 is 0 Å². The molecule has 1 unspecified atom stereocenters. The van der Waals surface area contributed by atoms with Crippen molar-refractivity contribution in [2.75, 3.05) is 18.4 Å². The minimum Gasteiger partial charge on any atom is -0.464 e. The van der Waals surface area contributed by atoms with E-state index in [2.05, 4.69) is 19.8 Å². The van der Waals surface area contributed by atoms with Gasteiger partial charge >= 0.3 is 5.97 Å². The largest absolute Gasteiger partial charge is 0.464 e. The van der Waals surface area contributed by atoms with Gasteiger partial charge in [-0.2, -0.15) is 0 Å². The zero-order chi connectivity index (χ0) is 24.8. The summed E-state index contributed by atoms with van der Waals surface area (Å²) in [6.45, 7) is 5.01. The molecule has 0 amide bonds. The van der Waals surface area contributed by atoms with E-state index in [0.717, 1.165) is 6.42 Å². The monoisotopic (exact) mass is 486 g/mol. The normalized spacial score (nSPS) is 12.8. The average Bonchev–Trinajstić information content (AvgIpc) is 3.31. The van der Waals surface area contributed by atoms with Crippen molar-refractivity contribution in [1.82, 2.24) is 14.9 Å². The standard InChI is InChI=1S/C24H30N4O5S/c1-24(2,13-14-28-16-21(25-17-28)23(30)33-3)26-15-22(29)18-9-11-19(12-10-18)27-34(31,32)20-7-5-4-6-8-20/h4-12,16-17,22,26-27,29H,13-15H2,1-3H3. The number of ether oxygens (including phenoxy) is 1. The number of sulfonamides is 1. The first kappa shape index (κ1) is 25.4. The predicted molar refractivity (Wildman–Crippen MR) is 129 cm³/mol. The minimum absolute atomic E-state index is 0.183. The fraction of sp³-hybridized carbons (Fsp3) is 0.333. The molecule has 0 saturated heterocycles. The van der Waals surface area contributed by atoms with E-state index in [0.29, 0.717) is 24.3 Å². The molecule has 3 N–H and O–H groups in total. The SMILES string of the molecule is COC(=O)c1cn(CCC(C)(C)NCC(O)c2ccc(NS(=O)(=O)c3ccccc3)cc2)cn1. The number of benzene rings is 2. The quantitative estimate of drug-likeness (QED) is 0.356. The molecule has 34 heavy (non-hydrogen) atoms.